The minimum Gasteiger partial charge on any atom is -0.340 e. The Bertz CT molecular complexity index is 1170. The summed E-state index contributed by atoms with van der Waals surface area (Å²) in [6, 6.07) is 5.38. The van der Waals surface area contributed by atoms with E-state index in [1.807, 2.05) is 10.6 Å². The van der Waals surface area contributed by atoms with Gasteiger partial charge in [0.05, 0.1) is 16.6 Å². The van der Waals surface area contributed by atoms with Crippen LogP contribution in [0.5, 0.6) is 0 Å². The van der Waals surface area contributed by atoms with Gasteiger partial charge in [0, 0.05) is 40.3 Å². The molecule has 0 unspecified atom stereocenters. The maximum Gasteiger partial charge on any atom is 0.332 e. The fourth-order valence-electron chi connectivity index (χ4n) is 3.51. The largest absolute Gasteiger partial charge is 0.340 e. The lowest BCUT2D eigenvalue weighted by molar-refractivity contribution is 0.571. The van der Waals surface area contributed by atoms with Crippen molar-refractivity contribution in [3.8, 4) is 0 Å². The molecular formula is C18H20Cl2N6O2. The molecule has 2 aromatic heterocycles. The first kappa shape index (κ1) is 19.0. The molecule has 0 radical (unpaired) electrons. The predicted octanol–water partition coefficient (Wildman–Crippen LogP) is 1.20. The van der Waals surface area contributed by atoms with Crippen LogP contribution < -0.4 is 21.5 Å². The van der Waals surface area contributed by atoms with E-state index >= 15 is 0 Å². The van der Waals surface area contributed by atoms with Crippen LogP contribution in [0, 0.1) is 0 Å². The molecule has 1 aliphatic rings. The van der Waals surface area contributed by atoms with Gasteiger partial charge in [0.25, 0.3) is 5.56 Å². The number of fused-ring (bicyclic) bond motifs is 1. The average Bonchev–Trinajstić information content (AvgIpc) is 3.07. The third-order valence-electron chi connectivity index (χ3n) is 5.05. The van der Waals surface area contributed by atoms with E-state index < -0.39 is 5.69 Å². The van der Waals surface area contributed by atoms with Gasteiger partial charge in [-0.15, -0.1) is 0 Å². The molecule has 1 N–H and O–H groups in total. The second-order valence-electron chi connectivity index (χ2n) is 6.86. The molecule has 8 nitrogen and oxygen atoms in total. The van der Waals surface area contributed by atoms with E-state index in [0.29, 0.717) is 33.7 Å². The lowest BCUT2D eigenvalue weighted by Crippen LogP contribution is -2.44. The molecule has 0 atom stereocenters. The molecule has 0 saturated carbocycles. The van der Waals surface area contributed by atoms with E-state index in [1.54, 1.807) is 19.2 Å². The van der Waals surface area contributed by atoms with Crippen LogP contribution in [0.3, 0.4) is 0 Å². The molecule has 28 heavy (non-hydrogen) atoms. The number of benzene rings is 1. The lowest BCUT2D eigenvalue weighted by atomic mass is 10.2. The van der Waals surface area contributed by atoms with Crippen LogP contribution >= 0.6 is 23.2 Å². The summed E-state index contributed by atoms with van der Waals surface area (Å²) in [5.74, 6) is 0.667. The van der Waals surface area contributed by atoms with Gasteiger partial charge in [-0.1, -0.05) is 29.3 Å². The van der Waals surface area contributed by atoms with Crippen molar-refractivity contribution < 1.29 is 0 Å². The first-order valence-corrected chi connectivity index (χ1v) is 9.70. The first-order chi connectivity index (χ1) is 13.4. The van der Waals surface area contributed by atoms with E-state index in [2.05, 4.69) is 15.2 Å². The number of anilines is 1. The van der Waals surface area contributed by atoms with Crippen molar-refractivity contribution >= 4 is 40.3 Å². The van der Waals surface area contributed by atoms with Gasteiger partial charge in [-0.25, -0.2) is 4.79 Å². The SMILES string of the molecule is Cn1c(=O)c2c(nc(N3CCNCC3)n2Cc2ccc(Cl)c(Cl)c2)n(C)c1=O. The number of nitrogens with zero attached hydrogens (tertiary/aromatic N) is 5. The van der Waals surface area contributed by atoms with Gasteiger partial charge in [-0.05, 0) is 17.7 Å². The summed E-state index contributed by atoms with van der Waals surface area (Å²) in [6.07, 6.45) is 0. The van der Waals surface area contributed by atoms with E-state index in [9.17, 15) is 9.59 Å². The highest BCUT2D eigenvalue weighted by Crippen LogP contribution is 2.26. The lowest BCUT2D eigenvalue weighted by Gasteiger charge is -2.28. The predicted molar refractivity (Wildman–Crippen MR) is 111 cm³/mol. The summed E-state index contributed by atoms with van der Waals surface area (Å²) < 4.78 is 4.38. The molecule has 1 aliphatic heterocycles. The average molecular weight is 423 g/mol. The Hall–Kier alpha value is -2.29. The van der Waals surface area contributed by atoms with Gasteiger partial charge >= 0.3 is 5.69 Å². The van der Waals surface area contributed by atoms with E-state index in [1.165, 1.54) is 11.6 Å². The zero-order valence-electron chi connectivity index (χ0n) is 15.6. The molecule has 3 heterocycles. The maximum absolute atomic E-state index is 12.9. The van der Waals surface area contributed by atoms with Crippen LogP contribution in [0.15, 0.2) is 27.8 Å². The molecule has 1 saturated heterocycles. The minimum absolute atomic E-state index is 0.368. The van der Waals surface area contributed by atoms with Gasteiger partial charge in [-0.3, -0.25) is 18.5 Å². The van der Waals surface area contributed by atoms with E-state index in [-0.39, 0.29) is 5.56 Å². The number of nitrogens with one attached hydrogen (secondary N) is 1. The molecule has 0 bridgehead atoms. The van der Waals surface area contributed by atoms with Crippen LogP contribution in [0.1, 0.15) is 5.56 Å². The molecular weight excluding hydrogens is 403 g/mol. The number of rotatable bonds is 3. The van der Waals surface area contributed by atoms with E-state index in [4.69, 9.17) is 23.2 Å². The van der Waals surface area contributed by atoms with Gasteiger partial charge in [0.1, 0.15) is 0 Å². The quantitative estimate of drug-likeness (QED) is 0.685. The van der Waals surface area contributed by atoms with Gasteiger partial charge in [0.15, 0.2) is 11.2 Å². The fourth-order valence-corrected chi connectivity index (χ4v) is 3.83. The van der Waals surface area contributed by atoms with Crippen molar-refractivity contribution in [3.63, 3.8) is 0 Å². The van der Waals surface area contributed by atoms with Crippen molar-refractivity contribution in [2.45, 2.75) is 6.54 Å². The van der Waals surface area contributed by atoms with Crippen LogP contribution in [0.25, 0.3) is 11.2 Å². The highest BCUT2D eigenvalue weighted by atomic mass is 35.5. The molecule has 0 amide bonds. The Kier molecular flexibility index (Phi) is 4.95. The summed E-state index contributed by atoms with van der Waals surface area (Å²) in [5.41, 5.74) is 0.891. The molecule has 3 aromatic rings. The summed E-state index contributed by atoms with van der Waals surface area (Å²) in [5, 5.41) is 4.24. The smallest absolute Gasteiger partial charge is 0.332 e. The summed E-state index contributed by atoms with van der Waals surface area (Å²) >= 11 is 12.2. The number of piperazine rings is 1. The van der Waals surface area contributed by atoms with Crippen molar-refractivity contribution in [1.82, 2.24) is 24.0 Å². The van der Waals surface area contributed by atoms with Crippen LogP contribution in [0.4, 0.5) is 5.95 Å². The number of hydrogen-bond donors (Lipinski definition) is 1. The van der Waals surface area contributed by atoms with Crippen molar-refractivity contribution in [3.05, 3.63) is 54.6 Å². The maximum atomic E-state index is 12.9. The standard InChI is InChI=1S/C18H20Cl2N6O2/c1-23-15-14(16(27)24(2)18(23)28)26(10-11-3-4-12(19)13(20)9-11)17(22-15)25-7-5-21-6-8-25/h3-4,9,21H,5-8,10H2,1-2H3. The number of aromatic nitrogens is 4. The Morgan fingerprint density at radius 2 is 1.79 bits per heavy atom. The van der Waals surface area contributed by atoms with Crippen molar-refractivity contribution in [2.75, 3.05) is 31.1 Å². The van der Waals surface area contributed by atoms with Crippen LogP contribution in [-0.4, -0.2) is 44.9 Å². The van der Waals surface area contributed by atoms with Crippen molar-refractivity contribution in [2.24, 2.45) is 14.1 Å². The Balaban J connectivity index is 1.96. The number of aryl methyl sites for hydroxylation is 1. The van der Waals surface area contributed by atoms with Crippen molar-refractivity contribution in [1.29, 1.82) is 0 Å². The topological polar surface area (TPSA) is 77.1 Å². The highest BCUT2D eigenvalue weighted by Gasteiger charge is 2.24. The van der Waals surface area contributed by atoms with Gasteiger partial charge in [-0.2, -0.15) is 4.98 Å². The second kappa shape index (κ2) is 7.27. The Morgan fingerprint density at radius 1 is 1.07 bits per heavy atom. The highest BCUT2D eigenvalue weighted by molar-refractivity contribution is 6.42. The number of halogens is 2. The molecule has 1 aromatic carbocycles. The zero-order valence-corrected chi connectivity index (χ0v) is 17.1. The number of hydrogen-bond acceptors (Lipinski definition) is 5. The van der Waals surface area contributed by atoms with E-state index in [0.717, 1.165) is 36.3 Å². The molecule has 10 heteroatoms. The van der Waals surface area contributed by atoms with Gasteiger partial charge in [0.2, 0.25) is 5.95 Å². The Morgan fingerprint density at radius 3 is 2.46 bits per heavy atom. The minimum atomic E-state index is -0.399. The zero-order chi connectivity index (χ0) is 20.0. The number of imidazole rings is 1. The van der Waals surface area contributed by atoms with Crippen LogP contribution in [-0.2, 0) is 20.6 Å². The molecule has 4 rings (SSSR count). The molecule has 148 valence electrons. The second-order valence-corrected chi connectivity index (χ2v) is 7.68. The molecule has 0 spiro atoms. The normalized spacial score (nSPS) is 14.8. The third-order valence-corrected chi connectivity index (χ3v) is 5.79. The van der Waals surface area contributed by atoms with Gasteiger partial charge < -0.3 is 10.2 Å². The molecule has 0 aliphatic carbocycles. The summed E-state index contributed by atoms with van der Waals surface area (Å²) in [6.45, 7) is 3.57. The Labute approximate surface area is 170 Å². The monoisotopic (exact) mass is 422 g/mol. The summed E-state index contributed by atoms with van der Waals surface area (Å²) in [7, 11) is 3.10. The first-order valence-electron chi connectivity index (χ1n) is 8.94. The van der Waals surface area contributed by atoms with Crippen LogP contribution in [0.2, 0.25) is 10.0 Å². The fraction of sp³-hybridized carbons (Fsp3) is 0.389. The summed E-state index contributed by atoms with van der Waals surface area (Å²) in [4.78, 5) is 32.1. The molecule has 1 fully saturated rings. The third kappa shape index (κ3) is 3.11.